The van der Waals surface area contributed by atoms with Gasteiger partial charge in [-0.2, -0.15) is 0 Å². The molecule has 0 spiro atoms. The van der Waals surface area contributed by atoms with Gasteiger partial charge in [0.25, 0.3) is 5.91 Å². The highest BCUT2D eigenvalue weighted by Crippen LogP contribution is 2.19. The van der Waals surface area contributed by atoms with Gasteiger partial charge in [-0.25, -0.2) is 4.98 Å². The summed E-state index contributed by atoms with van der Waals surface area (Å²) >= 11 is 0. The van der Waals surface area contributed by atoms with Crippen molar-refractivity contribution in [2.75, 3.05) is 6.54 Å². The van der Waals surface area contributed by atoms with Crippen molar-refractivity contribution in [2.24, 2.45) is 0 Å². The maximum Gasteiger partial charge on any atom is 0.251 e. The minimum absolute atomic E-state index is 0.0311. The first-order valence-corrected chi connectivity index (χ1v) is 9.71. The van der Waals surface area contributed by atoms with Crippen molar-refractivity contribution in [2.45, 2.75) is 32.7 Å². The van der Waals surface area contributed by atoms with Crippen LogP contribution in [0.4, 0.5) is 0 Å². The van der Waals surface area contributed by atoms with Crippen molar-refractivity contribution in [1.29, 1.82) is 0 Å². The van der Waals surface area contributed by atoms with Crippen molar-refractivity contribution in [3.05, 3.63) is 95.6 Å². The molecule has 0 aliphatic rings. The van der Waals surface area contributed by atoms with Gasteiger partial charge in [0, 0.05) is 31.0 Å². The molecule has 1 unspecified atom stereocenters. The van der Waals surface area contributed by atoms with Crippen molar-refractivity contribution < 1.29 is 4.79 Å². The molecule has 3 aromatic rings. The van der Waals surface area contributed by atoms with Crippen LogP contribution in [-0.4, -0.2) is 22.0 Å². The highest BCUT2D eigenvalue weighted by molar-refractivity contribution is 5.94. The molecule has 4 nitrogen and oxygen atoms in total. The van der Waals surface area contributed by atoms with Gasteiger partial charge < -0.3 is 9.88 Å². The van der Waals surface area contributed by atoms with Crippen LogP contribution in [-0.2, 0) is 6.54 Å². The Morgan fingerprint density at radius 3 is 2.79 bits per heavy atom. The fourth-order valence-electron chi connectivity index (χ4n) is 3.06. The predicted octanol–water partition coefficient (Wildman–Crippen LogP) is 4.83. The van der Waals surface area contributed by atoms with E-state index in [9.17, 15) is 4.79 Å². The topological polar surface area (TPSA) is 46.9 Å². The summed E-state index contributed by atoms with van der Waals surface area (Å²) in [5.74, 6) is 0.289. The lowest BCUT2D eigenvalue weighted by atomic mass is 9.98. The van der Waals surface area contributed by atoms with Gasteiger partial charge in [-0.15, -0.1) is 0 Å². The lowest BCUT2D eigenvalue weighted by Crippen LogP contribution is -2.25. The van der Waals surface area contributed by atoms with Gasteiger partial charge in [0.1, 0.15) is 0 Å². The van der Waals surface area contributed by atoms with Crippen LogP contribution >= 0.6 is 0 Å². The SMILES string of the molecule is Cc1ccc(C(=O)NCCCn2ccnc2)cc1/C=C/C(C)c1ccccc1. The molecule has 2 aromatic carbocycles. The molecule has 0 aliphatic carbocycles. The Morgan fingerprint density at radius 2 is 2.04 bits per heavy atom. The number of carbonyl (C=O) groups excluding carboxylic acids is 1. The third-order valence-corrected chi connectivity index (χ3v) is 4.87. The Bertz CT molecular complexity index is 914. The summed E-state index contributed by atoms with van der Waals surface area (Å²) in [6.07, 6.45) is 10.6. The summed E-state index contributed by atoms with van der Waals surface area (Å²) < 4.78 is 2.01. The number of amides is 1. The monoisotopic (exact) mass is 373 g/mol. The second kappa shape index (κ2) is 9.70. The molecule has 4 heteroatoms. The third kappa shape index (κ3) is 5.43. The van der Waals surface area contributed by atoms with E-state index in [1.54, 1.807) is 12.5 Å². The standard InChI is InChI=1S/C24H27N3O/c1-19(21-7-4-3-5-8-21)9-11-22-17-23(12-10-20(22)2)24(28)26-13-6-15-27-16-14-25-18-27/h3-5,7-12,14,16-19H,6,13,15H2,1-2H3,(H,26,28)/b11-9+. The summed E-state index contributed by atoms with van der Waals surface area (Å²) in [5, 5.41) is 3.00. The van der Waals surface area contributed by atoms with Crippen LogP contribution in [0, 0.1) is 6.92 Å². The third-order valence-electron chi connectivity index (χ3n) is 4.87. The van der Waals surface area contributed by atoms with Crippen molar-refractivity contribution in [3.63, 3.8) is 0 Å². The van der Waals surface area contributed by atoms with E-state index in [2.05, 4.69) is 60.6 Å². The Labute approximate surface area is 166 Å². The largest absolute Gasteiger partial charge is 0.352 e. The number of hydrogen-bond donors (Lipinski definition) is 1. The van der Waals surface area contributed by atoms with E-state index in [-0.39, 0.29) is 5.91 Å². The fourth-order valence-corrected chi connectivity index (χ4v) is 3.06. The van der Waals surface area contributed by atoms with E-state index in [1.807, 2.05) is 35.0 Å². The number of benzene rings is 2. The number of allylic oxidation sites excluding steroid dienone is 1. The van der Waals surface area contributed by atoms with Crippen LogP contribution in [0.1, 0.15) is 46.3 Å². The van der Waals surface area contributed by atoms with E-state index in [0.717, 1.165) is 24.1 Å². The van der Waals surface area contributed by atoms with Gasteiger partial charge in [-0.05, 0) is 48.1 Å². The maximum atomic E-state index is 12.5. The van der Waals surface area contributed by atoms with Gasteiger partial charge >= 0.3 is 0 Å². The quantitative estimate of drug-likeness (QED) is 0.575. The molecular formula is C24H27N3O. The summed E-state index contributed by atoms with van der Waals surface area (Å²) in [6, 6.07) is 16.3. The number of aromatic nitrogens is 2. The summed E-state index contributed by atoms with van der Waals surface area (Å²) in [6.45, 7) is 5.73. The average Bonchev–Trinajstić information content (AvgIpc) is 3.24. The van der Waals surface area contributed by atoms with Gasteiger partial charge in [0.2, 0.25) is 0 Å². The first kappa shape index (κ1) is 19.6. The molecule has 0 radical (unpaired) electrons. The second-order valence-electron chi connectivity index (χ2n) is 7.04. The van der Waals surface area contributed by atoms with E-state index in [4.69, 9.17) is 0 Å². The molecule has 1 atom stereocenters. The van der Waals surface area contributed by atoms with E-state index in [0.29, 0.717) is 18.0 Å². The summed E-state index contributed by atoms with van der Waals surface area (Å²) in [4.78, 5) is 16.5. The van der Waals surface area contributed by atoms with Crippen LogP contribution in [0.2, 0.25) is 0 Å². The molecule has 0 fully saturated rings. The molecule has 144 valence electrons. The van der Waals surface area contributed by atoms with E-state index < -0.39 is 0 Å². The Kier molecular flexibility index (Phi) is 6.79. The average molecular weight is 374 g/mol. The molecule has 0 bridgehead atoms. The Hall–Kier alpha value is -3.14. The Balaban J connectivity index is 1.58. The van der Waals surface area contributed by atoms with Crippen LogP contribution in [0.15, 0.2) is 73.3 Å². The highest BCUT2D eigenvalue weighted by atomic mass is 16.1. The molecule has 0 saturated carbocycles. The highest BCUT2D eigenvalue weighted by Gasteiger charge is 2.07. The number of carbonyl (C=O) groups is 1. The smallest absolute Gasteiger partial charge is 0.251 e. The molecule has 1 N–H and O–H groups in total. The lowest BCUT2D eigenvalue weighted by Gasteiger charge is -2.09. The number of aryl methyl sites for hydroxylation is 2. The van der Waals surface area contributed by atoms with Crippen LogP contribution < -0.4 is 5.32 Å². The molecule has 0 aliphatic heterocycles. The molecular weight excluding hydrogens is 346 g/mol. The molecule has 0 saturated heterocycles. The molecule has 1 heterocycles. The van der Waals surface area contributed by atoms with Crippen LogP contribution in [0.5, 0.6) is 0 Å². The van der Waals surface area contributed by atoms with Gasteiger partial charge in [-0.1, -0.05) is 55.5 Å². The molecule has 1 aromatic heterocycles. The number of hydrogen-bond acceptors (Lipinski definition) is 2. The first-order valence-electron chi connectivity index (χ1n) is 9.71. The fraction of sp³-hybridized carbons (Fsp3) is 0.250. The van der Waals surface area contributed by atoms with Crippen LogP contribution in [0.25, 0.3) is 6.08 Å². The number of rotatable bonds is 8. The minimum Gasteiger partial charge on any atom is -0.352 e. The van der Waals surface area contributed by atoms with Gasteiger partial charge in [-0.3, -0.25) is 4.79 Å². The van der Waals surface area contributed by atoms with Crippen molar-refractivity contribution in [1.82, 2.24) is 14.9 Å². The zero-order valence-electron chi connectivity index (χ0n) is 16.5. The van der Waals surface area contributed by atoms with Crippen molar-refractivity contribution >= 4 is 12.0 Å². The first-order chi connectivity index (χ1) is 13.6. The lowest BCUT2D eigenvalue weighted by molar-refractivity contribution is 0.0952. The van der Waals surface area contributed by atoms with E-state index >= 15 is 0 Å². The minimum atomic E-state index is -0.0311. The zero-order chi connectivity index (χ0) is 19.8. The number of nitrogens with zero attached hydrogens (tertiary/aromatic N) is 2. The summed E-state index contributed by atoms with van der Waals surface area (Å²) in [5.41, 5.74) is 4.21. The number of imidazole rings is 1. The zero-order valence-corrected chi connectivity index (χ0v) is 16.5. The predicted molar refractivity (Wildman–Crippen MR) is 114 cm³/mol. The molecule has 28 heavy (non-hydrogen) atoms. The maximum absolute atomic E-state index is 12.5. The van der Waals surface area contributed by atoms with Crippen molar-refractivity contribution in [3.8, 4) is 0 Å². The normalized spacial score (nSPS) is 12.2. The Morgan fingerprint density at radius 1 is 1.21 bits per heavy atom. The number of nitrogens with one attached hydrogen (secondary N) is 1. The van der Waals surface area contributed by atoms with E-state index in [1.165, 1.54) is 5.56 Å². The second-order valence-corrected chi connectivity index (χ2v) is 7.04. The van der Waals surface area contributed by atoms with Gasteiger partial charge in [0.05, 0.1) is 6.33 Å². The molecule has 3 rings (SSSR count). The molecule has 1 amide bonds. The van der Waals surface area contributed by atoms with Gasteiger partial charge in [0.15, 0.2) is 0 Å². The summed E-state index contributed by atoms with van der Waals surface area (Å²) in [7, 11) is 0. The van der Waals surface area contributed by atoms with Crippen LogP contribution in [0.3, 0.4) is 0 Å².